The Morgan fingerprint density at radius 2 is 1.29 bits per heavy atom. The molecule has 5 aromatic carbocycles. The van der Waals surface area contributed by atoms with Crippen LogP contribution in [0.4, 0.5) is 0 Å². The van der Waals surface area contributed by atoms with Gasteiger partial charge < -0.3 is 0 Å². The number of hydrogen-bond acceptors (Lipinski definition) is 3. The van der Waals surface area contributed by atoms with Crippen molar-refractivity contribution in [1.82, 2.24) is 14.5 Å². The molecular formula is C41H33N3S. The van der Waals surface area contributed by atoms with Gasteiger partial charge >= 0.3 is 0 Å². The lowest BCUT2D eigenvalue weighted by Crippen LogP contribution is -2.36. The number of nitrogens with zero attached hydrogens (tertiary/aromatic N) is 3. The summed E-state index contributed by atoms with van der Waals surface area (Å²) in [6.07, 6.45) is 0. The van der Waals surface area contributed by atoms with Crippen molar-refractivity contribution in [2.75, 3.05) is 0 Å². The molecule has 0 N–H and O–H groups in total. The summed E-state index contributed by atoms with van der Waals surface area (Å²) in [7, 11) is 0. The zero-order valence-corrected chi connectivity index (χ0v) is 26.7. The molecule has 0 radical (unpaired) electrons. The number of fused-ring (bicyclic) bond motifs is 10. The number of thiophene rings is 1. The Bertz CT molecular complexity index is 2440. The number of benzene rings is 5. The maximum Gasteiger partial charge on any atom is 0.235 e. The molecule has 0 saturated carbocycles. The molecular weight excluding hydrogens is 567 g/mol. The zero-order chi connectivity index (χ0) is 30.4. The van der Waals surface area contributed by atoms with Gasteiger partial charge in [-0.2, -0.15) is 0 Å². The van der Waals surface area contributed by atoms with E-state index in [1.54, 1.807) is 0 Å². The summed E-state index contributed by atoms with van der Waals surface area (Å²) in [5, 5.41) is 4.85. The fraction of sp³-hybridized carbons (Fsp3) is 0.171. The van der Waals surface area contributed by atoms with E-state index in [-0.39, 0.29) is 5.41 Å². The Morgan fingerprint density at radius 1 is 0.622 bits per heavy atom. The van der Waals surface area contributed by atoms with Crippen molar-refractivity contribution < 1.29 is 0 Å². The zero-order valence-electron chi connectivity index (χ0n) is 25.9. The topological polar surface area (TPSA) is 30.7 Å². The van der Waals surface area contributed by atoms with E-state index in [2.05, 4.69) is 148 Å². The first-order chi connectivity index (χ1) is 22.0. The number of hydrogen-bond donors (Lipinski definition) is 0. The molecule has 0 saturated heterocycles. The average molecular weight is 600 g/mol. The van der Waals surface area contributed by atoms with E-state index in [9.17, 15) is 0 Å². The van der Waals surface area contributed by atoms with E-state index < -0.39 is 0 Å². The smallest absolute Gasteiger partial charge is 0.235 e. The molecule has 4 heteroatoms. The van der Waals surface area contributed by atoms with E-state index >= 15 is 0 Å². The summed E-state index contributed by atoms with van der Waals surface area (Å²) in [6.45, 7) is 9.60. The third-order valence-electron chi connectivity index (χ3n) is 10.2. The Morgan fingerprint density at radius 3 is 2.09 bits per heavy atom. The van der Waals surface area contributed by atoms with Gasteiger partial charge in [0, 0.05) is 43.0 Å². The van der Waals surface area contributed by atoms with Crippen LogP contribution in [0.1, 0.15) is 38.1 Å². The highest BCUT2D eigenvalue weighted by Gasteiger charge is 2.49. The number of para-hydroxylation sites is 2. The van der Waals surface area contributed by atoms with Gasteiger partial charge in [-0.25, -0.2) is 9.97 Å². The van der Waals surface area contributed by atoms with Crippen molar-refractivity contribution >= 4 is 54.1 Å². The maximum absolute atomic E-state index is 5.36. The van der Waals surface area contributed by atoms with E-state index in [4.69, 9.17) is 9.97 Å². The molecule has 3 heterocycles. The summed E-state index contributed by atoms with van der Waals surface area (Å²) in [4.78, 5) is 12.1. The monoisotopic (exact) mass is 599 g/mol. The molecule has 9 rings (SSSR count). The second kappa shape index (κ2) is 9.60. The molecule has 3 aromatic heterocycles. The molecule has 218 valence electrons. The third kappa shape index (κ3) is 3.46. The molecule has 0 atom stereocenters. The van der Waals surface area contributed by atoms with Crippen LogP contribution >= 0.6 is 11.3 Å². The van der Waals surface area contributed by atoms with E-state index in [1.807, 2.05) is 11.3 Å². The van der Waals surface area contributed by atoms with Crippen molar-refractivity contribution in [2.24, 2.45) is 11.8 Å². The van der Waals surface area contributed by atoms with Gasteiger partial charge in [-0.15, -0.1) is 11.3 Å². The average Bonchev–Trinajstić information content (AvgIpc) is 3.70. The molecule has 8 aromatic rings. The summed E-state index contributed by atoms with van der Waals surface area (Å²) in [6, 6.07) is 41.4. The predicted molar refractivity (Wildman–Crippen MR) is 191 cm³/mol. The molecule has 0 unspecified atom stereocenters. The summed E-state index contributed by atoms with van der Waals surface area (Å²) in [5.74, 6) is 1.61. The largest absolute Gasteiger partial charge is 0.276 e. The minimum atomic E-state index is -0.0429. The first kappa shape index (κ1) is 26.6. The minimum absolute atomic E-state index is 0.0429. The highest BCUT2D eigenvalue weighted by atomic mass is 32.1. The van der Waals surface area contributed by atoms with Gasteiger partial charge in [0.25, 0.3) is 0 Å². The fourth-order valence-corrected chi connectivity index (χ4v) is 10.2. The highest BCUT2D eigenvalue weighted by molar-refractivity contribution is 7.21. The van der Waals surface area contributed by atoms with Crippen molar-refractivity contribution in [3.63, 3.8) is 0 Å². The van der Waals surface area contributed by atoms with Crippen LogP contribution in [0.2, 0.25) is 0 Å². The van der Waals surface area contributed by atoms with E-state index in [0.29, 0.717) is 17.8 Å². The number of aromatic nitrogens is 3. The molecule has 0 spiro atoms. The summed E-state index contributed by atoms with van der Waals surface area (Å²) in [5.41, 5.74) is 9.55. The van der Waals surface area contributed by atoms with Gasteiger partial charge in [0.1, 0.15) is 0 Å². The number of rotatable bonds is 4. The highest BCUT2D eigenvalue weighted by Crippen LogP contribution is 2.62. The molecule has 0 amide bonds. The SMILES string of the molecule is CC(C)C1(C(C)C)c2ccccc2-c2c1sc1c2ccc2c3ccccc3n(-c3nc(-c4ccccc4)c4ccccc4n3)c21. The Kier molecular flexibility index (Phi) is 5.67. The standard InChI is InChI=1S/C41H33N3S/c1-24(2)41(25(3)4)32-19-11-8-17-29(32)35-31-23-22-28-27-16-10-13-21-34(27)44(37(28)38(31)45-39(35)41)40-42-33-20-12-9-18-30(33)36(43-40)26-14-6-5-7-15-26/h5-25H,1-4H3. The van der Waals surface area contributed by atoms with Gasteiger partial charge in [0.15, 0.2) is 0 Å². The van der Waals surface area contributed by atoms with Crippen molar-refractivity contribution in [1.29, 1.82) is 0 Å². The quantitative estimate of drug-likeness (QED) is 0.201. The molecule has 0 bridgehead atoms. The molecule has 1 aliphatic carbocycles. The van der Waals surface area contributed by atoms with Gasteiger partial charge in [0.05, 0.1) is 26.9 Å². The summed E-state index contributed by atoms with van der Waals surface area (Å²) >= 11 is 1.99. The first-order valence-electron chi connectivity index (χ1n) is 15.9. The van der Waals surface area contributed by atoms with Crippen LogP contribution in [0.3, 0.4) is 0 Å². The second-order valence-electron chi connectivity index (χ2n) is 13.0. The van der Waals surface area contributed by atoms with E-state index in [0.717, 1.165) is 27.7 Å². The van der Waals surface area contributed by atoms with Crippen LogP contribution in [-0.2, 0) is 5.41 Å². The molecule has 1 aliphatic rings. The van der Waals surface area contributed by atoms with Crippen LogP contribution in [0.15, 0.2) is 115 Å². The summed E-state index contributed by atoms with van der Waals surface area (Å²) < 4.78 is 3.64. The molecule has 3 nitrogen and oxygen atoms in total. The lowest BCUT2D eigenvalue weighted by molar-refractivity contribution is 0.285. The van der Waals surface area contributed by atoms with Crippen molar-refractivity contribution in [2.45, 2.75) is 33.1 Å². The van der Waals surface area contributed by atoms with Crippen LogP contribution in [0, 0.1) is 11.8 Å². The lowest BCUT2D eigenvalue weighted by Gasteiger charge is -2.39. The van der Waals surface area contributed by atoms with Crippen LogP contribution in [-0.4, -0.2) is 14.5 Å². The van der Waals surface area contributed by atoms with Gasteiger partial charge in [-0.3, -0.25) is 4.57 Å². The van der Waals surface area contributed by atoms with Crippen LogP contribution < -0.4 is 0 Å². The second-order valence-corrected chi connectivity index (χ2v) is 14.0. The third-order valence-corrected chi connectivity index (χ3v) is 11.5. The van der Waals surface area contributed by atoms with Crippen LogP contribution in [0.5, 0.6) is 0 Å². The molecule has 0 aliphatic heterocycles. The van der Waals surface area contributed by atoms with Gasteiger partial charge in [-0.05, 0) is 35.1 Å². The van der Waals surface area contributed by atoms with Crippen molar-refractivity contribution in [3.8, 4) is 28.3 Å². The maximum atomic E-state index is 5.36. The van der Waals surface area contributed by atoms with E-state index in [1.165, 1.54) is 47.9 Å². The Balaban J connectivity index is 1.44. The van der Waals surface area contributed by atoms with Crippen molar-refractivity contribution in [3.05, 3.63) is 126 Å². The first-order valence-corrected chi connectivity index (χ1v) is 16.7. The molecule has 45 heavy (non-hydrogen) atoms. The Labute approximate surface area is 266 Å². The molecule has 0 fully saturated rings. The minimum Gasteiger partial charge on any atom is -0.276 e. The fourth-order valence-electron chi connectivity index (χ4n) is 8.35. The van der Waals surface area contributed by atoms with Gasteiger partial charge in [-0.1, -0.05) is 131 Å². The van der Waals surface area contributed by atoms with Crippen LogP contribution in [0.25, 0.3) is 71.1 Å². The lowest BCUT2D eigenvalue weighted by atomic mass is 9.65. The predicted octanol–water partition coefficient (Wildman–Crippen LogP) is 11.2. The normalized spacial score (nSPS) is 13.9. The Hall–Kier alpha value is -4.80. The van der Waals surface area contributed by atoms with Gasteiger partial charge in [0.2, 0.25) is 5.95 Å².